The van der Waals surface area contributed by atoms with Crippen LogP contribution in [0.1, 0.15) is 31.5 Å². The van der Waals surface area contributed by atoms with Gasteiger partial charge in [-0.1, -0.05) is 26.0 Å². The summed E-state index contributed by atoms with van der Waals surface area (Å²) in [5.74, 6) is 0.146. The van der Waals surface area contributed by atoms with Crippen LogP contribution >= 0.6 is 11.3 Å². The molecule has 1 unspecified atom stereocenters. The summed E-state index contributed by atoms with van der Waals surface area (Å²) in [6.07, 6.45) is 1.70. The van der Waals surface area contributed by atoms with Gasteiger partial charge in [-0.25, -0.2) is 14.4 Å². The van der Waals surface area contributed by atoms with E-state index < -0.39 is 24.2 Å². The smallest absolute Gasteiger partial charge is 0.224 e. The molecule has 38 heavy (non-hydrogen) atoms. The first-order chi connectivity index (χ1) is 18.2. The van der Waals surface area contributed by atoms with Gasteiger partial charge in [-0.3, -0.25) is 4.98 Å². The number of aliphatic hydroxyl groups excluding tert-OH is 3. The minimum absolute atomic E-state index is 0.220. The van der Waals surface area contributed by atoms with Gasteiger partial charge < -0.3 is 26.0 Å². The van der Waals surface area contributed by atoms with E-state index in [0.29, 0.717) is 41.0 Å². The van der Waals surface area contributed by atoms with Crippen molar-refractivity contribution in [2.75, 3.05) is 23.8 Å². The molecule has 1 aliphatic carbocycles. The Balaban J connectivity index is 1.48. The molecule has 5 rings (SSSR count). The van der Waals surface area contributed by atoms with Crippen LogP contribution in [0.4, 0.5) is 16.2 Å². The van der Waals surface area contributed by atoms with E-state index in [2.05, 4.69) is 15.6 Å². The van der Waals surface area contributed by atoms with Crippen molar-refractivity contribution in [1.29, 1.82) is 0 Å². The third kappa shape index (κ3) is 5.19. The van der Waals surface area contributed by atoms with Crippen LogP contribution in [0.3, 0.4) is 0 Å². The predicted molar refractivity (Wildman–Crippen MR) is 146 cm³/mol. The lowest BCUT2D eigenvalue weighted by molar-refractivity contribution is 0.00446. The van der Waals surface area contributed by atoms with Gasteiger partial charge >= 0.3 is 0 Å². The molecule has 0 aliphatic heterocycles. The number of aryl methyl sites for hydroxylation is 1. The van der Waals surface area contributed by atoms with Gasteiger partial charge in [-0.05, 0) is 37.1 Å². The molecule has 3 heterocycles. The standard InChI is InChI=1S/C27H31FN6O3S/c1-14-21(25-33-19-11-29-9-8-20(19)38-25)24(32-18-10-15(12-35)22(36)23(18)37)34-26(31-14)30-13-27(2,3)16-4-6-17(28)7-5-16/h4-9,11,15,18,22-23,35-37H,10,12-13H2,1-3H3,(H2,30,31,32,34)/t15-,18?,22-,23+/m1/s1. The molecular weight excluding hydrogens is 507 g/mol. The molecule has 3 aromatic heterocycles. The maximum absolute atomic E-state index is 13.4. The summed E-state index contributed by atoms with van der Waals surface area (Å²) in [4.78, 5) is 18.4. The van der Waals surface area contributed by atoms with Gasteiger partial charge in [0.1, 0.15) is 28.3 Å². The van der Waals surface area contributed by atoms with E-state index in [9.17, 15) is 19.7 Å². The largest absolute Gasteiger partial charge is 0.396 e. The summed E-state index contributed by atoms with van der Waals surface area (Å²) in [6, 6.07) is 7.81. The van der Waals surface area contributed by atoms with Crippen LogP contribution in [0.5, 0.6) is 0 Å². The van der Waals surface area contributed by atoms with Crippen molar-refractivity contribution in [2.45, 2.75) is 50.9 Å². The predicted octanol–water partition coefficient (Wildman–Crippen LogP) is 3.50. The second-order valence-electron chi connectivity index (χ2n) is 10.4. The molecule has 1 fully saturated rings. The van der Waals surface area contributed by atoms with Crippen LogP contribution in [-0.2, 0) is 5.41 Å². The average molecular weight is 539 g/mol. The zero-order valence-corrected chi connectivity index (χ0v) is 22.2. The first-order valence-electron chi connectivity index (χ1n) is 12.5. The number of rotatable bonds is 8. The highest BCUT2D eigenvalue weighted by Crippen LogP contribution is 2.38. The number of nitrogens with one attached hydrogen (secondary N) is 2. The SMILES string of the molecule is Cc1nc(NCC(C)(C)c2ccc(F)cc2)nc(NC2C[C@H](CO)[C@@H](O)[C@H]2O)c1-c1nc2cnccc2s1. The number of aliphatic hydroxyl groups is 3. The Kier molecular flexibility index (Phi) is 7.28. The Morgan fingerprint density at radius 1 is 1.08 bits per heavy atom. The maximum Gasteiger partial charge on any atom is 0.224 e. The minimum atomic E-state index is -1.07. The Bertz CT molecular complexity index is 1400. The van der Waals surface area contributed by atoms with Crippen molar-refractivity contribution < 1.29 is 19.7 Å². The summed E-state index contributed by atoms with van der Waals surface area (Å²) in [5, 5.41) is 38.0. The molecule has 0 amide bonds. The molecule has 0 radical (unpaired) electrons. The molecule has 1 aromatic carbocycles. The third-order valence-electron chi connectivity index (χ3n) is 7.17. The highest BCUT2D eigenvalue weighted by molar-refractivity contribution is 7.21. The fraction of sp³-hybridized carbons (Fsp3) is 0.407. The van der Waals surface area contributed by atoms with Crippen molar-refractivity contribution in [1.82, 2.24) is 19.9 Å². The lowest BCUT2D eigenvalue weighted by Gasteiger charge is -2.26. The maximum atomic E-state index is 13.4. The van der Waals surface area contributed by atoms with Crippen molar-refractivity contribution in [2.24, 2.45) is 5.92 Å². The van der Waals surface area contributed by atoms with Crippen LogP contribution in [0.2, 0.25) is 0 Å². The minimum Gasteiger partial charge on any atom is -0.396 e. The van der Waals surface area contributed by atoms with E-state index in [-0.39, 0.29) is 17.8 Å². The van der Waals surface area contributed by atoms with Crippen molar-refractivity contribution in [3.8, 4) is 10.6 Å². The second-order valence-corrected chi connectivity index (χ2v) is 11.4. The van der Waals surface area contributed by atoms with Crippen molar-refractivity contribution in [3.63, 3.8) is 0 Å². The Morgan fingerprint density at radius 3 is 2.53 bits per heavy atom. The monoisotopic (exact) mass is 538 g/mol. The number of halogens is 1. The van der Waals surface area contributed by atoms with Crippen LogP contribution in [0, 0.1) is 18.7 Å². The lowest BCUT2D eigenvalue weighted by atomic mass is 9.84. The molecular formula is C27H31FN6O3S. The molecule has 11 heteroatoms. The van der Waals surface area contributed by atoms with Crippen molar-refractivity contribution >= 4 is 33.3 Å². The topological polar surface area (TPSA) is 136 Å². The number of hydrogen-bond acceptors (Lipinski definition) is 10. The highest BCUT2D eigenvalue weighted by Gasteiger charge is 2.41. The van der Waals surface area contributed by atoms with Gasteiger partial charge in [0.05, 0.1) is 34.3 Å². The molecule has 4 atom stereocenters. The number of thiazole rings is 1. The summed E-state index contributed by atoms with van der Waals surface area (Å²) in [6.45, 7) is 6.24. The van der Waals surface area contributed by atoms with Gasteiger partial charge in [-0.2, -0.15) is 4.98 Å². The zero-order valence-electron chi connectivity index (χ0n) is 21.4. The number of pyridine rings is 1. The summed E-state index contributed by atoms with van der Waals surface area (Å²) in [7, 11) is 0. The average Bonchev–Trinajstić information content (AvgIpc) is 3.43. The number of nitrogens with zero attached hydrogens (tertiary/aromatic N) is 4. The third-order valence-corrected chi connectivity index (χ3v) is 8.22. The molecule has 1 aliphatic rings. The first-order valence-corrected chi connectivity index (χ1v) is 13.3. The fourth-order valence-corrected chi connectivity index (χ4v) is 5.86. The van der Waals surface area contributed by atoms with E-state index in [1.54, 1.807) is 24.5 Å². The molecule has 5 N–H and O–H groups in total. The molecule has 9 nitrogen and oxygen atoms in total. The van der Waals surface area contributed by atoms with E-state index in [0.717, 1.165) is 15.8 Å². The molecule has 0 spiro atoms. The highest BCUT2D eigenvalue weighted by atomic mass is 32.1. The Labute approximate surface area is 223 Å². The van der Waals surface area contributed by atoms with Gasteiger partial charge in [-0.15, -0.1) is 11.3 Å². The Morgan fingerprint density at radius 2 is 1.84 bits per heavy atom. The molecule has 0 bridgehead atoms. The summed E-state index contributed by atoms with van der Waals surface area (Å²) in [5.41, 5.74) is 2.78. The summed E-state index contributed by atoms with van der Waals surface area (Å²) < 4.78 is 14.4. The molecule has 1 saturated carbocycles. The van der Waals surface area contributed by atoms with Gasteiger partial charge in [0.2, 0.25) is 5.95 Å². The fourth-order valence-electron chi connectivity index (χ4n) is 4.83. The quantitative estimate of drug-likeness (QED) is 0.228. The molecule has 4 aromatic rings. The lowest BCUT2D eigenvalue weighted by Crippen LogP contribution is -2.36. The van der Waals surface area contributed by atoms with Crippen molar-refractivity contribution in [3.05, 3.63) is 59.8 Å². The van der Waals surface area contributed by atoms with E-state index in [4.69, 9.17) is 15.0 Å². The number of fused-ring (bicyclic) bond motifs is 1. The van der Waals surface area contributed by atoms with E-state index in [1.165, 1.54) is 23.5 Å². The van der Waals surface area contributed by atoms with Crippen LogP contribution < -0.4 is 10.6 Å². The number of hydrogen-bond donors (Lipinski definition) is 5. The number of anilines is 2. The second kappa shape index (κ2) is 10.5. The van der Waals surface area contributed by atoms with E-state index in [1.807, 2.05) is 26.8 Å². The van der Waals surface area contributed by atoms with Crippen LogP contribution in [0.25, 0.3) is 20.8 Å². The van der Waals surface area contributed by atoms with Gasteiger partial charge in [0.25, 0.3) is 0 Å². The molecule has 0 saturated heterocycles. The van der Waals surface area contributed by atoms with Crippen LogP contribution in [0.15, 0.2) is 42.7 Å². The normalized spacial score (nSPS) is 21.7. The summed E-state index contributed by atoms with van der Waals surface area (Å²) >= 11 is 1.49. The Hall–Kier alpha value is -3.25. The van der Waals surface area contributed by atoms with Gasteiger partial charge in [0.15, 0.2) is 0 Å². The molecule has 200 valence electrons. The zero-order chi connectivity index (χ0) is 27.0. The van der Waals surface area contributed by atoms with Gasteiger partial charge in [0, 0.05) is 30.7 Å². The number of benzene rings is 1. The number of aromatic nitrogens is 4. The van der Waals surface area contributed by atoms with Crippen LogP contribution in [-0.4, -0.2) is 66.7 Å². The van der Waals surface area contributed by atoms with E-state index >= 15 is 0 Å². The first kappa shape index (κ1) is 26.4.